The Bertz CT molecular complexity index is 769. The van der Waals surface area contributed by atoms with Crippen LogP contribution in [0.1, 0.15) is 0 Å². The molecule has 0 aliphatic carbocycles. The summed E-state index contributed by atoms with van der Waals surface area (Å²) in [6.07, 6.45) is -2.88. The van der Waals surface area contributed by atoms with Crippen molar-refractivity contribution in [2.24, 2.45) is 0 Å². The maximum atomic E-state index is 11.0. The van der Waals surface area contributed by atoms with Crippen molar-refractivity contribution in [1.82, 2.24) is 0 Å². The molecule has 0 spiro atoms. The molecule has 0 aromatic heterocycles. The minimum absolute atomic E-state index is 0.149. The van der Waals surface area contributed by atoms with Crippen molar-refractivity contribution < 1.29 is 29.3 Å². The first-order valence-corrected chi connectivity index (χ1v) is 6.33. The summed E-state index contributed by atoms with van der Waals surface area (Å²) in [5.41, 5.74) is 0. The summed E-state index contributed by atoms with van der Waals surface area (Å²) in [6.45, 7) is 0. The van der Waals surface area contributed by atoms with Gasteiger partial charge in [-0.2, -0.15) is 0 Å². The Hall–Kier alpha value is -3.28. The first kappa shape index (κ1) is 13.7. The zero-order valence-corrected chi connectivity index (χ0v) is 11.1. The first-order chi connectivity index (χ1) is 10.6. The first-order valence-electron chi connectivity index (χ1n) is 6.33. The van der Waals surface area contributed by atoms with Crippen LogP contribution in [0.2, 0.25) is 0 Å². The molecule has 3 aromatic carbocycles. The molecule has 0 amide bonds. The molecule has 110 valence electrons. The summed E-state index contributed by atoms with van der Waals surface area (Å²) in [6, 6.07) is 13.4. The van der Waals surface area contributed by atoms with Gasteiger partial charge in [-0.25, -0.2) is 9.59 Å². The third-order valence-electron chi connectivity index (χ3n) is 3.21. The molecule has 0 atom stereocenters. The van der Waals surface area contributed by atoms with Gasteiger partial charge in [-0.3, -0.25) is 0 Å². The summed E-state index contributed by atoms with van der Waals surface area (Å²) in [5, 5.41) is 19.7. The van der Waals surface area contributed by atoms with Crippen LogP contribution in [0.3, 0.4) is 0 Å². The summed E-state index contributed by atoms with van der Waals surface area (Å²) in [4.78, 5) is 21.9. The number of benzene rings is 3. The Kier molecular flexibility index (Phi) is 3.27. The van der Waals surface area contributed by atoms with Gasteiger partial charge < -0.3 is 19.7 Å². The molecule has 6 heteroatoms. The predicted octanol–water partition coefficient (Wildman–Crippen LogP) is 4.11. The summed E-state index contributed by atoms with van der Waals surface area (Å²) in [7, 11) is 0. The van der Waals surface area contributed by atoms with Crippen molar-refractivity contribution >= 4 is 33.9 Å². The molecule has 0 saturated carbocycles. The highest BCUT2D eigenvalue weighted by atomic mass is 16.7. The van der Waals surface area contributed by atoms with Gasteiger partial charge in [0.2, 0.25) is 0 Å². The molecule has 3 rings (SSSR count). The van der Waals surface area contributed by atoms with E-state index in [2.05, 4.69) is 0 Å². The molecule has 0 heterocycles. The van der Waals surface area contributed by atoms with Crippen molar-refractivity contribution in [3.8, 4) is 11.5 Å². The molecular weight excluding hydrogens is 288 g/mol. The van der Waals surface area contributed by atoms with Gasteiger partial charge >= 0.3 is 12.3 Å². The predicted molar refractivity (Wildman–Crippen MR) is 78.8 cm³/mol. The number of fused-ring (bicyclic) bond motifs is 2. The van der Waals surface area contributed by atoms with Crippen LogP contribution in [0.4, 0.5) is 9.59 Å². The van der Waals surface area contributed by atoms with Crippen molar-refractivity contribution in [1.29, 1.82) is 0 Å². The van der Waals surface area contributed by atoms with Gasteiger partial charge in [-0.1, -0.05) is 48.5 Å². The average molecular weight is 298 g/mol. The van der Waals surface area contributed by atoms with E-state index in [-0.39, 0.29) is 11.5 Å². The van der Waals surface area contributed by atoms with E-state index >= 15 is 0 Å². The molecular formula is C16H10O6. The van der Waals surface area contributed by atoms with Gasteiger partial charge in [-0.05, 0) is 0 Å². The Labute approximate surface area is 124 Å². The molecule has 0 aliphatic heterocycles. The van der Waals surface area contributed by atoms with Crippen LogP contribution in [0, 0.1) is 0 Å². The molecule has 0 saturated heterocycles. The Balaban J connectivity index is 2.47. The second kappa shape index (κ2) is 5.25. The average Bonchev–Trinajstić information content (AvgIpc) is 2.50. The number of carboxylic acid groups (broad SMARTS) is 2. The van der Waals surface area contributed by atoms with Crippen molar-refractivity contribution in [2.75, 3.05) is 0 Å². The number of hydrogen-bond donors (Lipinski definition) is 2. The SMILES string of the molecule is O=C(O)Oc1c2ccccc2c(OC(=O)O)c2ccccc12. The number of carbonyl (C=O) groups is 2. The van der Waals surface area contributed by atoms with Crippen LogP contribution < -0.4 is 9.47 Å². The van der Waals surface area contributed by atoms with E-state index in [1.807, 2.05) is 0 Å². The maximum Gasteiger partial charge on any atom is 0.511 e. The highest BCUT2D eigenvalue weighted by molar-refractivity contribution is 6.12. The number of ether oxygens (including phenoxy) is 2. The van der Waals surface area contributed by atoms with Crippen LogP contribution >= 0.6 is 0 Å². The van der Waals surface area contributed by atoms with Gasteiger partial charge in [0.25, 0.3) is 0 Å². The third kappa shape index (κ3) is 2.26. The van der Waals surface area contributed by atoms with Crippen molar-refractivity contribution in [3.63, 3.8) is 0 Å². The fourth-order valence-corrected chi connectivity index (χ4v) is 2.44. The quantitative estimate of drug-likeness (QED) is 0.420. The van der Waals surface area contributed by atoms with Crippen LogP contribution in [0.25, 0.3) is 21.5 Å². The van der Waals surface area contributed by atoms with Crippen LogP contribution in [0.5, 0.6) is 11.5 Å². The summed E-state index contributed by atoms with van der Waals surface area (Å²) in [5.74, 6) is 0.299. The minimum atomic E-state index is -1.44. The van der Waals surface area contributed by atoms with E-state index in [0.717, 1.165) is 0 Å². The lowest BCUT2D eigenvalue weighted by atomic mass is 10.0. The second-order valence-electron chi connectivity index (χ2n) is 4.49. The molecule has 0 bridgehead atoms. The van der Waals surface area contributed by atoms with E-state index in [0.29, 0.717) is 21.5 Å². The highest BCUT2D eigenvalue weighted by Gasteiger charge is 2.19. The largest absolute Gasteiger partial charge is 0.511 e. The zero-order chi connectivity index (χ0) is 15.7. The second-order valence-corrected chi connectivity index (χ2v) is 4.49. The van der Waals surface area contributed by atoms with Gasteiger partial charge in [0.05, 0.1) is 0 Å². The zero-order valence-electron chi connectivity index (χ0n) is 11.1. The smallest absolute Gasteiger partial charge is 0.449 e. The fraction of sp³-hybridized carbons (Fsp3) is 0. The van der Waals surface area contributed by atoms with E-state index < -0.39 is 12.3 Å². The Morgan fingerprint density at radius 1 is 0.636 bits per heavy atom. The van der Waals surface area contributed by atoms with Gasteiger partial charge in [-0.15, -0.1) is 0 Å². The van der Waals surface area contributed by atoms with E-state index in [9.17, 15) is 9.59 Å². The van der Waals surface area contributed by atoms with Gasteiger partial charge in [0.15, 0.2) is 0 Å². The van der Waals surface area contributed by atoms with Gasteiger partial charge in [0.1, 0.15) is 11.5 Å². The lowest BCUT2D eigenvalue weighted by Gasteiger charge is -2.14. The van der Waals surface area contributed by atoms with E-state index in [1.165, 1.54) is 0 Å². The maximum absolute atomic E-state index is 11.0. The normalized spacial score (nSPS) is 10.5. The van der Waals surface area contributed by atoms with Crippen LogP contribution in [0.15, 0.2) is 48.5 Å². The standard InChI is InChI=1S/C16H10O6/c17-15(18)21-13-9-5-1-2-6-10(9)14(22-16(19)20)12-8-4-3-7-11(12)13/h1-8H,(H,17,18)(H,19,20). The highest BCUT2D eigenvalue weighted by Crippen LogP contribution is 2.42. The van der Waals surface area contributed by atoms with E-state index in [1.54, 1.807) is 48.5 Å². The Morgan fingerprint density at radius 2 is 0.909 bits per heavy atom. The molecule has 22 heavy (non-hydrogen) atoms. The molecule has 0 radical (unpaired) electrons. The topological polar surface area (TPSA) is 93.1 Å². The lowest BCUT2D eigenvalue weighted by Crippen LogP contribution is -2.07. The molecule has 0 unspecified atom stereocenters. The molecule has 0 fully saturated rings. The van der Waals surface area contributed by atoms with Gasteiger partial charge in [0, 0.05) is 21.5 Å². The molecule has 0 aliphatic rings. The monoisotopic (exact) mass is 298 g/mol. The lowest BCUT2D eigenvalue weighted by molar-refractivity contribution is 0.143. The van der Waals surface area contributed by atoms with Crippen LogP contribution in [-0.2, 0) is 0 Å². The third-order valence-corrected chi connectivity index (χ3v) is 3.21. The van der Waals surface area contributed by atoms with Crippen molar-refractivity contribution in [3.05, 3.63) is 48.5 Å². The molecule has 2 N–H and O–H groups in total. The molecule has 3 aromatic rings. The fourth-order valence-electron chi connectivity index (χ4n) is 2.44. The van der Waals surface area contributed by atoms with E-state index in [4.69, 9.17) is 19.7 Å². The number of rotatable bonds is 2. The summed E-state index contributed by atoms with van der Waals surface area (Å²) < 4.78 is 9.83. The Morgan fingerprint density at radius 3 is 1.14 bits per heavy atom. The minimum Gasteiger partial charge on any atom is -0.449 e. The number of hydrogen-bond acceptors (Lipinski definition) is 4. The summed E-state index contributed by atoms with van der Waals surface area (Å²) >= 11 is 0. The van der Waals surface area contributed by atoms with Crippen LogP contribution in [-0.4, -0.2) is 22.5 Å². The molecule has 6 nitrogen and oxygen atoms in total. The van der Waals surface area contributed by atoms with Crippen molar-refractivity contribution in [2.45, 2.75) is 0 Å².